The lowest BCUT2D eigenvalue weighted by atomic mass is 10.2. The largest absolute Gasteiger partial charge is 0.479 e. The predicted octanol–water partition coefficient (Wildman–Crippen LogP) is 0.889. The molecular formula is C14H18N2O5. The third-order valence-electron chi connectivity index (χ3n) is 2.54. The van der Waals surface area contributed by atoms with Gasteiger partial charge in [-0.15, -0.1) is 0 Å². The molecule has 3 amide bonds. The number of esters is 1. The van der Waals surface area contributed by atoms with Crippen molar-refractivity contribution in [2.75, 3.05) is 0 Å². The van der Waals surface area contributed by atoms with Gasteiger partial charge in [-0.25, -0.2) is 9.59 Å². The van der Waals surface area contributed by atoms with Crippen molar-refractivity contribution >= 4 is 17.9 Å². The third-order valence-corrected chi connectivity index (χ3v) is 2.54. The Labute approximate surface area is 122 Å². The molecule has 7 heteroatoms. The van der Waals surface area contributed by atoms with Gasteiger partial charge >= 0.3 is 12.0 Å². The van der Waals surface area contributed by atoms with Gasteiger partial charge in [-0.3, -0.25) is 10.1 Å². The molecule has 7 nitrogen and oxygen atoms in total. The standard InChI is InChI=1S/C14H18N2O5/c1-8-5-4-6-11(7-8)20-10(3)13(18)21-9(2)12(17)16-14(15)19/h4-7,9-10H,1-3H3,(H3,15,16,17,19)/t9-,10+/m1/s1. The van der Waals surface area contributed by atoms with Crippen molar-refractivity contribution < 1.29 is 23.9 Å². The van der Waals surface area contributed by atoms with Gasteiger partial charge in [-0.05, 0) is 38.5 Å². The average Bonchev–Trinajstić information content (AvgIpc) is 2.37. The molecule has 21 heavy (non-hydrogen) atoms. The van der Waals surface area contributed by atoms with E-state index < -0.39 is 30.1 Å². The summed E-state index contributed by atoms with van der Waals surface area (Å²) in [5.74, 6) is -0.990. The van der Waals surface area contributed by atoms with Crippen LogP contribution in [0.4, 0.5) is 4.79 Å². The smallest absolute Gasteiger partial charge is 0.347 e. The molecule has 1 aromatic carbocycles. The average molecular weight is 294 g/mol. The number of amides is 3. The van der Waals surface area contributed by atoms with E-state index in [1.165, 1.54) is 13.8 Å². The molecule has 3 N–H and O–H groups in total. The van der Waals surface area contributed by atoms with Crippen LogP contribution in [0.15, 0.2) is 24.3 Å². The summed E-state index contributed by atoms with van der Waals surface area (Å²) in [5.41, 5.74) is 5.79. The van der Waals surface area contributed by atoms with Crippen molar-refractivity contribution in [1.82, 2.24) is 5.32 Å². The number of nitrogens with two attached hydrogens (primary N) is 1. The molecular weight excluding hydrogens is 276 g/mol. The first-order valence-corrected chi connectivity index (χ1v) is 6.33. The maximum atomic E-state index is 11.8. The molecule has 0 aliphatic heterocycles. The lowest BCUT2D eigenvalue weighted by Crippen LogP contribution is -2.43. The fourth-order valence-electron chi connectivity index (χ4n) is 1.49. The number of ether oxygens (including phenoxy) is 2. The molecule has 0 spiro atoms. The van der Waals surface area contributed by atoms with E-state index in [2.05, 4.69) is 0 Å². The molecule has 0 radical (unpaired) electrons. The Morgan fingerprint density at radius 2 is 1.86 bits per heavy atom. The number of primary amides is 1. The zero-order valence-corrected chi connectivity index (χ0v) is 12.1. The number of hydrogen-bond donors (Lipinski definition) is 2. The van der Waals surface area contributed by atoms with Crippen molar-refractivity contribution in [3.8, 4) is 5.75 Å². The fraction of sp³-hybridized carbons (Fsp3) is 0.357. The van der Waals surface area contributed by atoms with Crippen LogP contribution in [0, 0.1) is 6.92 Å². The van der Waals surface area contributed by atoms with Gasteiger partial charge in [-0.1, -0.05) is 12.1 Å². The Morgan fingerprint density at radius 1 is 1.19 bits per heavy atom. The van der Waals surface area contributed by atoms with Gasteiger partial charge in [0.05, 0.1) is 0 Å². The molecule has 0 heterocycles. The molecule has 0 saturated heterocycles. The number of carbonyl (C=O) groups excluding carboxylic acids is 3. The summed E-state index contributed by atoms with van der Waals surface area (Å²) in [6, 6.07) is 6.16. The Hall–Kier alpha value is -2.57. The lowest BCUT2D eigenvalue weighted by molar-refractivity contribution is -0.160. The quantitative estimate of drug-likeness (QED) is 0.784. The van der Waals surface area contributed by atoms with Gasteiger partial charge in [0.25, 0.3) is 5.91 Å². The van der Waals surface area contributed by atoms with Gasteiger partial charge in [0, 0.05) is 0 Å². The van der Waals surface area contributed by atoms with Crippen LogP contribution < -0.4 is 15.8 Å². The third kappa shape index (κ3) is 5.52. The van der Waals surface area contributed by atoms with Gasteiger partial charge in [0.1, 0.15) is 5.75 Å². The van der Waals surface area contributed by atoms with Gasteiger partial charge in [0.2, 0.25) is 0 Å². The summed E-state index contributed by atoms with van der Waals surface area (Å²) >= 11 is 0. The molecule has 0 aliphatic carbocycles. The first kappa shape index (κ1) is 16.5. The van der Waals surface area contributed by atoms with Gasteiger partial charge in [0.15, 0.2) is 12.2 Å². The van der Waals surface area contributed by atoms with E-state index in [0.29, 0.717) is 5.75 Å². The molecule has 0 aliphatic rings. The minimum atomic E-state index is -1.14. The number of nitrogens with one attached hydrogen (secondary N) is 1. The highest BCUT2D eigenvalue weighted by molar-refractivity contribution is 5.96. The fourth-order valence-corrected chi connectivity index (χ4v) is 1.49. The summed E-state index contributed by atoms with van der Waals surface area (Å²) < 4.78 is 10.3. The number of benzene rings is 1. The highest BCUT2D eigenvalue weighted by atomic mass is 16.6. The van der Waals surface area contributed by atoms with E-state index in [4.69, 9.17) is 15.2 Å². The van der Waals surface area contributed by atoms with Gasteiger partial charge in [-0.2, -0.15) is 0 Å². The molecule has 0 aromatic heterocycles. The molecule has 1 rings (SSSR count). The maximum absolute atomic E-state index is 11.8. The van der Waals surface area contributed by atoms with Crippen LogP contribution in [0.1, 0.15) is 19.4 Å². The van der Waals surface area contributed by atoms with Crippen molar-refractivity contribution in [2.24, 2.45) is 5.73 Å². The molecule has 114 valence electrons. The SMILES string of the molecule is Cc1cccc(O[C@@H](C)C(=O)O[C@H](C)C(=O)NC(N)=O)c1. The van der Waals surface area contributed by atoms with Crippen LogP contribution in [0.2, 0.25) is 0 Å². The topological polar surface area (TPSA) is 108 Å². The number of rotatable bonds is 5. The lowest BCUT2D eigenvalue weighted by Gasteiger charge is -2.17. The van der Waals surface area contributed by atoms with Crippen LogP contribution in [0.25, 0.3) is 0 Å². The van der Waals surface area contributed by atoms with E-state index in [1.807, 2.05) is 18.3 Å². The number of aryl methyl sites for hydroxylation is 1. The molecule has 0 saturated carbocycles. The highest BCUT2D eigenvalue weighted by Crippen LogP contribution is 2.14. The zero-order chi connectivity index (χ0) is 16.0. The van der Waals surface area contributed by atoms with E-state index >= 15 is 0 Å². The molecule has 0 unspecified atom stereocenters. The summed E-state index contributed by atoms with van der Waals surface area (Å²) in [7, 11) is 0. The molecule has 2 atom stereocenters. The Kier molecular flexibility index (Phi) is 5.71. The summed E-state index contributed by atoms with van der Waals surface area (Å²) in [4.78, 5) is 33.7. The Balaban J connectivity index is 2.54. The van der Waals surface area contributed by atoms with Crippen LogP contribution in [-0.4, -0.2) is 30.1 Å². The molecule has 1 aromatic rings. The zero-order valence-electron chi connectivity index (χ0n) is 12.1. The number of carbonyl (C=O) groups is 3. The van der Waals surface area contributed by atoms with E-state index in [0.717, 1.165) is 5.56 Å². The van der Waals surface area contributed by atoms with Crippen LogP contribution in [0.3, 0.4) is 0 Å². The van der Waals surface area contributed by atoms with Crippen molar-refractivity contribution in [1.29, 1.82) is 0 Å². The number of hydrogen-bond acceptors (Lipinski definition) is 5. The molecule has 0 fully saturated rings. The monoisotopic (exact) mass is 294 g/mol. The van der Waals surface area contributed by atoms with Crippen molar-refractivity contribution in [3.63, 3.8) is 0 Å². The second kappa shape index (κ2) is 7.28. The van der Waals surface area contributed by atoms with E-state index in [1.54, 1.807) is 18.2 Å². The second-order valence-corrected chi connectivity index (χ2v) is 4.51. The summed E-state index contributed by atoms with van der Waals surface area (Å²) in [5, 5.41) is 1.83. The van der Waals surface area contributed by atoms with Crippen LogP contribution in [-0.2, 0) is 14.3 Å². The van der Waals surface area contributed by atoms with Crippen LogP contribution in [0.5, 0.6) is 5.75 Å². The number of imide groups is 1. The van der Waals surface area contributed by atoms with E-state index in [-0.39, 0.29) is 0 Å². The predicted molar refractivity (Wildman–Crippen MR) is 74.5 cm³/mol. The minimum absolute atomic E-state index is 0.522. The first-order valence-electron chi connectivity index (χ1n) is 6.33. The summed E-state index contributed by atoms with van der Waals surface area (Å²) in [6.07, 6.45) is -2.04. The Bertz CT molecular complexity index is 544. The number of urea groups is 1. The Morgan fingerprint density at radius 3 is 2.43 bits per heavy atom. The van der Waals surface area contributed by atoms with Crippen molar-refractivity contribution in [3.05, 3.63) is 29.8 Å². The molecule has 0 bridgehead atoms. The van der Waals surface area contributed by atoms with Crippen molar-refractivity contribution in [2.45, 2.75) is 33.0 Å². The van der Waals surface area contributed by atoms with Gasteiger partial charge < -0.3 is 15.2 Å². The minimum Gasteiger partial charge on any atom is -0.479 e. The van der Waals surface area contributed by atoms with E-state index in [9.17, 15) is 14.4 Å². The summed E-state index contributed by atoms with van der Waals surface area (Å²) in [6.45, 7) is 4.73. The first-order chi connectivity index (χ1) is 9.79. The second-order valence-electron chi connectivity index (χ2n) is 4.51. The normalized spacial score (nSPS) is 12.9. The highest BCUT2D eigenvalue weighted by Gasteiger charge is 2.23. The van der Waals surface area contributed by atoms with Crippen LogP contribution >= 0.6 is 0 Å². The maximum Gasteiger partial charge on any atom is 0.347 e.